The molecule has 23 heavy (non-hydrogen) atoms. The third-order valence-corrected chi connectivity index (χ3v) is 4.03. The second kappa shape index (κ2) is 9.52. The van der Waals surface area contributed by atoms with E-state index in [0.717, 1.165) is 36.4 Å². The zero-order valence-electron chi connectivity index (χ0n) is 13.3. The summed E-state index contributed by atoms with van der Waals surface area (Å²) in [6, 6.07) is 7.32. The maximum atomic E-state index is 12.0. The Hall–Kier alpha value is -1.60. The van der Waals surface area contributed by atoms with Crippen molar-refractivity contribution in [3.8, 4) is 0 Å². The number of nitrogens with zero attached hydrogens (tertiary/aromatic N) is 1. The molecule has 6 nitrogen and oxygen atoms in total. The summed E-state index contributed by atoms with van der Waals surface area (Å²) in [5.74, 6) is 0.632. The fourth-order valence-corrected chi connectivity index (χ4v) is 2.72. The summed E-state index contributed by atoms with van der Waals surface area (Å²) in [6.07, 6.45) is 2.48. The lowest BCUT2D eigenvalue weighted by Gasteiger charge is -2.15. The zero-order valence-corrected chi connectivity index (χ0v) is 14.9. The third kappa shape index (κ3) is 6.19. The van der Waals surface area contributed by atoms with E-state index in [1.54, 1.807) is 19.2 Å². The summed E-state index contributed by atoms with van der Waals surface area (Å²) in [5.41, 5.74) is 0.639. The number of carbonyl (C=O) groups is 1. The van der Waals surface area contributed by atoms with Crippen LogP contribution in [0.1, 0.15) is 23.2 Å². The van der Waals surface area contributed by atoms with Crippen molar-refractivity contribution in [1.82, 2.24) is 16.0 Å². The average molecular weight is 383 g/mol. The summed E-state index contributed by atoms with van der Waals surface area (Å²) in [7, 11) is 1.73. The number of hydrogen-bond acceptors (Lipinski definition) is 3. The standard InChI is InChI=1S/C16H23BrN4O2/c1-18-16(21-11-14-6-3-9-23-14)20-8-7-19-15(22)12-4-2-5-13(17)10-12/h2,4-5,10,14H,3,6-9,11H2,1H3,(H,19,22)(H2,18,20,21). The second-order valence-electron chi connectivity index (χ2n) is 5.28. The Morgan fingerprint density at radius 2 is 2.17 bits per heavy atom. The summed E-state index contributed by atoms with van der Waals surface area (Å²) in [5, 5.41) is 9.28. The molecule has 1 unspecified atom stereocenters. The van der Waals surface area contributed by atoms with Crippen LogP contribution in [0.2, 0.25) is 0 Å². The predicted molar refractivity (Wildman–Crippen MR) is 94.8 cm³/mol. The first-order valence-electron chi connectivity index (χ1n) is 7.79. The van der Waals surface area contributed by atoms with Gasteiger partial charge in [0, 0.05) is 43.3 Å². The zero-order chi connectivity index (χ0) is 16.5. The molecule has 0 radical (unpaired) electrons. The minimum absolute atomic E-state index is 0.0876. The van der Waals surface area contributed by atoms with Gasteiger partial charge in [-0.2, -0.15) is 0 Å². The highest BCUT2D eigenvalue weighted by atomic mass is 79.9. The highest BCUT2D eigenvalue weighted by Gasteiger charge is 2.15. The van der Waals surface area contributed by atoms with E-state index in [4.69, 9.17) is 4.74 Å². The fraction of sp³-hybridized carbons (Fsp3) is 0.500. The molecule has 126 valence electrons. The van der Waals surface area contributed by atoms with Crippen LogP contribution in [0, 0.1) is 0 Å². The molecule has 3 N–H and O–H groups in total. The Balaban J connectivity index is 1.64. The largest absolute Gasteiger partial charge is 0.376 e. The molecule has 1 atom stereocenters. The molecule has 0 aromatic heterocycles. The van der Waals surface area contributed by atoms with Crippen LogP contribution in [0.25, 0.3) is 0 Å². The van der Waals surface area contributed by atoms with Gasteiger partial charge in [0.1, 0.15) is 0 Å². The Kier molecular flexibility index (Phi) is 7.35. The Morgan fingerprint density at radius 3 is 2.87 bits per heavy atom. The summed E-state index contributed by atoms with van der Waals surface area (Å²) in [6.45, 7) is 2.72. The van der Waals surface area contributed by atoms with Gasteiger partial charge in [-0.05, 0) is 31.0 Å². The molecular weight excluding hydrogens is 360 g/mol. The van der Waals surface area contributed by atoms with Gasteiger partial charge in [-0.25, -0.2) is 0 Å². The Bertz CT molecular complexity index is 545. The van der Waals surface area contributed by atoms with Crippen molar-refractivity contribution < 1.29 is 9.53 Å². The van der Waals surface area contributed by atoms with Crippen LogP contribution >= 0.6 is 15.9 Å². The predicted octanol–water partition coefficient (Wildman–Crippen LogP) is 1.52. The van der Waals surface area contributed by atoms with Crippen molar-refractivity contribution in [3.63, 3.8) is 0 Å². The van der Waals surface area contributed by atoms with Crippen LogP contribution in [0.4, 0.5) is 0 Å². The minimum atomic E-state index is -0.0876. The Labute approximate surface area is 145 Å². The fourth-order valence-electron chi connectivity index (χ4n) is 2.33. The highest BCUT2D eigenvalue weighted by molar-refractivity contribution is 9.10. The number of carbonyl (C=O) groups excluding carboxylic acids is 1. The van der Waals surface area contributed by atoms with Crippen LogP contribution in [-0.4, -0.2) is 51.3 Å². The van der Waals surface area contributed by atoms with Crippen LogP contribution in [0.3, 0.4) is 0 Å². The van der Waals surface area contributed by atoms with Gasteiger partial charge >= 0.3 is 0 Å². The smallest absolute Gasteiger partial charge is 0.251 e. The van der Waals surface area contributed by atoms with Crippen molar-refractivity contribution in [1.29, 1.82) is 0 Å². The minimum Gasteiger partial charge on any atom is -0.376 e. The molecule has 2 rings (SSSR count). The lowest BCUT2D eigenvalue weighted by atomic mass is 10.2. The van der Waals surface area contributed by atoms with E-state index in [2.05, 4.69) is 36.9 Å². The molecule has 0 saturated carbocycles. The monoisotopic (exact) mass is 382 g/mol. The number of guanidine groups is 1. The molecule has 1 aliphatic heterocycles. The first kappa shape index (κ1) is 17.7. The van der Waals surface area contributed by atoms with E-state index in [0.29, 0.717) is 18.7 Å². The Morgan fingerprint density at radius 1 is 1.35 bits per heavy atom. The molecule has 1 aliphatic rings. The SMILES string of the molecule is CN=C(NCCNC(=O)c1cccc(Br)c1)NCC1CCCO1. The van der Waals surface area contributed by atoms with E-state index in [1.807, 2.05) is 12.1 Å². The molecule has 1 heterocycles. The van der Waals surface area contributed by atoms with Gasteiger partial charge in [-0.3, -0.25) is 9.79 Å². The van der Waals surface area contributed by atoms with Gasteiger partial charge < -0.3 is 20.7 Å². The number of amides is 1. The molecule has 0 bridgehead atoms. The third-order valence-electron chi connectivity index (χ3n) is 3.53. The number of rotatable bonds is 6. The van der Waals surface area contributed by atoms with E-state index >= 15 is 0 Å². The molecule has 7 heteroatoms. The lowest BCUT2D eigenvalue weighted by Crippen LogP contribution is -2.43. The molecule has 1 amide bonds. The normalized spacial score (nSPS) is 17.8. The van der Waals surface area contributed by atoms with Crippen molar-refractivity contribution in [2.75, 3.05) is 33.3 Å². The molecular formula is C16H23BrN4O2. The number of benzene rings is 1. The van der Waals surface area contributed by atoms with Gasteiger partial charge in [0.25, 0.3) is 5.91 Å². The van der Waals surface area contributed by atoms with Gasteiger partial charge in [0.05, 0.1) is 6.10 Å². The van der Waals surface area contributed by atoms with Crippen LogP contribution in [0.15, 0.2) is 33.7 Å². The summed E-state index contributed by atoms with van der Waals surface area (Å²) >= 11 is 3.36. The van der Waals surface area contributed by atoms with E-state index in [-0.39, 0.29) is 12.0 Å². The average Bonchev–Trinajstić information content (AvgIpc) is 3.07. The van der Waals surface area contributed by atoms with Crippen LogP contribution in [-0.2, 0) is 4.74 Å². The van der Waals surface area contributed by atoms with Crippen LogP contribution < -0.4 is 16.0 Å². The molecule has 0 spiro atoms. The number of aliphatic imine (C=N–C) groups is 1. The molecule has 1 aromatic rings. The number of nitrogens with one attached hydrogen (secondary N) is 3. The maximum Gasteiger partial charge on any atom is 0.251 e. The molecule has 0 aliphatic carbocycles. The van der Waals surface area contributed by atoms with Gasteiger partial charge in [0.2, 0.25) is 0 Å². The first-order chi connectivity index (χ1) is 11.2. The van der Waals surface area contributed by atoms with Crippen LogP contribution in [0.5, 0.6) is 0 Å². The number of hydrogen-bond donors (Lipinski definition) is 3. The molecule has 1 aromatic carbocycles. The number of halogens is 1. The van der Waals surface area contributed by atoms with Crippen molar-refractivity contribution in [3.05, 3.63) is 34.3 Å². The maximum absolute atomic E-state index is 12.0. The van der Waals surface area contributed by atoms with Crippen molar-refractivity contribution in [2.45, 2.75) is 18.9 Å². The van der Waals surface area contributed by atoms with Gasteiger partial charge in [0.15, 0.2) is 5.96 Å². The van der Waals surface area contributed by atoms with Gasteiger partial charge in [-0.15, -0.1) is 0 Å². The van der Waals surface area contributed by atoms with Crippen molar-refractivity contribution >= 4 is 27.8 Å². The molecule has 1 fully saturated rings. The molecule has 1 saturated heterocycles. The van der Waals surface area contributed by atoms with E-state index < -0.39 is 0 Å². The van der Waals surface area contributed by atoms with Crippen molar-refractivity contribution in [2.24, 2.45) is 4.99 Å². The summed E-state index contributed by atoms with van der Waals surface area (Å²) < 4.78 is 6.45. The number of ether oxygens (including phenoxy) is 1. The quantitative estimate of drug-likeness (QED) is 0.396. The first-order valence-corrected chi connectivity index (χ1v) is 8.58. The second-order valence-corrected chi connectivity index (χ2v) is 6.20. The highest BCUT2D eigenvalue weighted by Crippen LogP contribution is 2.11. The van der Waals surface area contributed by atoms with E-state index in [1.165, 1.54) is 0 Å². The summed E-state index contributed by atoms with van der Waals surface area (Å²) in [4.78, 5) is 16.1. The van der Waals surface area contributed by atoms with Gasteiger partial charge in [-0.1, -0.05) is 22.0 Å². The lowest BCUT2D eigenvalue weighted by molar-refractivity contribution is 0.0954. The topological polar surface area (TPSA) is 74.8 Å². The van der Waals surface area contributed by atoms with E-state index in [9.17, 15) is 4.79 Å².